The van der Waals surface area contributed by atoms with Gasteiger partial charge < -0.3 is 9.47 Å². The third kappa shape index (κ3) is 5.61. The number of ether oxygens (including phenoxy) is 2. The van der Waals surface area contributed by atoms with E-state index in [1.165, 1.54) is 12.1 Å². The predicted molar refractivity (Wildman–Crippen MR) is 126 cm³/mol. The predicted octanol–water partition coefficient (Wildman–Crippen LogP) is 6.78. The van der Waals surface area contributed by atoms with Crippen molar-refractivity contribution in [3.63, 3.8) is 0 Å². The molecule has 0 saturated heterocycles. The lowest BCUT2D eigenvalue weighted by atomic mass is 10.0. The second kappa shape index (κ2) is 10.3. The van der Waals surface area contributed by atoms with E-state index in [-0.39, 0.29) is 12.4 Å². The molecule has 0 radical (unpaired) electrons. The molecule has 3 nitrogen and oxygen atoms in total. The molecule has 3 aromatic carbocycles. The molecule has 0 saturated carbocycles. The fourth-order valence-electron chi connectivity index (χ4n) is 2.94. The van der Waals surface area contributed by atoms with Crippen LogP contribution in [0.15, 0.2) is 60.7 Å². The van der Waals surface area contributed by atoms with Crippen molar-refractivity contribution >= 4 is 34.2 Å². The largest absolute Gasteiger partial charge is 0.490 e. The van der Waals surface area contributed by atoms with Gasteiger partial charge >= 0.3 is 0 Å². The molecule has 0 amide bonds. The average molecular weight is 513 g/mol. The first-order chi connectivity index (χ1) is 14.5. The van der Waals surface area contributed by atoms with Crippen molar-refractivity contribution in [2.75, 3.05) is 6.61 Å². The van der Waals surface area contributed by atoms with Crippen molar-refractivity contribution in [1.82, 2.24) is 0 Å². The van der Waals surface area contributed by atoms with Crippen molar-refractivity contribution in [2.45, 2.75) is 20.5 Å². The van der Waals surface area contributed by atoms with Crippen LogP contribution in [0.3, 0.4) is 0 Å². The number of benzene rings is 3. The van der Waals surface area contributed by atoms with Gasteiger partial charge in [-0.15, -0.1) is 0 Å². The molecule has 0 aliphatic heterocycles. The lowest BCUT2D eigenvalue weighted by Crippen LogP contribution is -2.02. The van der Waals surface area contributed by atoms with Crippen molar-refractivity contribution in [3.8, 4) is 17.6 Å². The monoisotopic (exact) mass is 513 g/mol. The molecular weight excluding hydrogens is 492 g/mol. The summed E-state index contributed by atoms with van der Waals surface area (Å²) in [6.45, 7) is 4.62. The van der Waals surface area contributed by atoms with Crippen LogP contribution in [-0.2, 0) is 6.61 Å². The number of hydrogen-bond donors (Lipinski definition) is 0. The van der Waals surface area contributed by atoms with E-state index in [0.29, 0.717) is 23.7 Å². The highest BCUT2D eigenvalue weighted by Gasteiger charge is 2.13. The summed E-state index contributed by atoms with van der Waals surface area (Å²) in [4.78, 5) is 0. The minimum absolute atomic E-state index is 0.232. The number of allylic oxidation sites excluding steroid dienone is 1. The van der Waals surface area contributed by atoms with Gasteiger partial charge in [-0.1, -0.05) is 42.0 Å². The summed E-state index contributed by atoms with van der Waals surface area (Å²) in [5.41, 5.74) is 4.16. The molecular formula is C25H21FINO2. The minimum atomic E-state index is -0.295. The molecule has 0 spiro atoms. The second-order valence-electron chi connectivity index (χ2n) is 6.72. The molecule has 0 N–H and O–H groups in total. The number of aryl methyl sites for hydroxylation is 1. The van der Waals surface area contributed by atoms with Gasteiger partial charge in [-0.3, -0.25) is 0 Å². The average Bonchev–Trinajstić information content (AvgIpc) is 2.72. The van der Waals surface area contributed by atoms with Crippen LogP contribution in [-0.4, -0.2) is 6.61 Å². The van der Waals surface area contributed by atoms with E-state index in [1.807, 2.05) is 62.4 Å². The summed E-state index contributed by atoms with van der Waals surface area (Å²) in [5.74, 6) is 0.900. The maximum atomic E-state index is 13.4. The Kier molecular flexibility index (Phi) is 7.47. The molecule has 0 aromatic heterocycles. The summed E-state index contributed by atoms with van der Waals surface area (Å²) in [7, 11) is 0. The van der Waals surface area contributed by atoms with Crippen LogP contribution in [0.25, 0.3) is 11.6 Å². The topological polar surface area (TPSA) is 42.2 Å². The van der Waals surface area contributed by atoms with Crippen LogP contribution in [0.4, 0.5) is 4.39 Å². The summed E-state index contributed by atoms with van der Waals surface area (Å²) < 4.78 is 26.0. The zero-order valence-corrected chi connectivity index (χ0v) is 18.9. The Morgan fingerprint density at radius 3 is 2.53 bits per heavy atom. The van der Waals surface area contributed by atoms with Gasteiger partial charge in [0.25, 0.3) is 0 Å². The van der Waals surface area contributed by atoms with Crippen LogP contribution in [0.2, 0.25) is 0 Å². The van der Waals surface area contributed by atoms with Crippen LogP contribution in [0, 0.1) is 27.6 Å². The van der Waals surface area contributed by atoms with Gasteiger partial charge in [-0.25, -0.2) is 4.39 Å². The number of nitrogens with zero attached hydrogens (tertiary/aromatic N) is 1. The van der Waals surface area contributed by atoms with Crippen LogP contribution < -0.4 is 9.47 Å². The Labute approximate surface area is 189 Å². The minimum Gasteiger partial charge on any atom is -0.490 e. The van der Waals surface area contributed by atoms with E-state index >= 15 is 0 Å². The van der Waals surface area contributed by atoms with Gasteiger partial charge in [0, 0.05) is 0 Å². The fourth-order valence-corrected chi connectivity index (χ4v) is 3.72. The summed E-state index contributed by atoms with van der Waals surface area (Å²) in [6.07, 6.45) is 1.84. The molecule has 0 atom stereocenters. The van der Waals surface area contributed by atoms with Gasteiger partial charge in [0.15, 0.2) is 11.5 Å². The third-order valence-electron chi connectivity index (χ3n) is 4.40. The summed E-state index contributed by atoms with van der Waals surface area (Å²) in [5, 5.41) is 9.63. The van der Waals surface area contributed by atoms with E-state index in [9.17, 15) is 9.65 Å². The Balaban J connectivity index is 1.92. The molecule has 152 valence electrons. The zero-order chi connectivity index (χ0) is 21.5. The second-order valence-corrected chi connectivity index (χ2v) is 7.88. The number of hydrogen-bond acceptors (Lipinski definition) is 3. The summed E-state index contributed by atoms with van der Waals surface area (Å²) in [6, 6.07) is 20.2. The van der Waals surface area contributed by atoms with E-state index in [4.69, 9.17) is 9.47 Å². The molecule has 3 rings (SSSR count). The van der Waals surface area contributed by atoms with Gasteiger partial charge in [-0.05, 0) is 83.5 Å². The number of rotatable bonds is 7. The Bertz CT molecular complexity index is 1100. The molecule has 0 unspecified atom stereocenters. The molecule has 30 heavy (non-hydrogen) atoms. The van der Waals surface area contributed by atoms with Crippen LogP contribution >= 0.6 is 22.6 Å². The molecule has 0 bridgehead atoms. The number of halogens is 2. The van der Waals surface area contributed by atoms with E-state index in [0.717, 1.165) is 25.8 Å². The maximum absolute atomic E-state index is 13.4. The lowest BCUT2D eigenvalue weighted by molar-refractivity contribution is 0.267. The van der Waals surface area contributed by atoms with Crippen molar-refractivity contribution in [2.24, 2.45) is 0 Å². The quantitative estimate of drug-likeness (QED) is 0.199. The maximum Gasteiger partial charge on any atom is 0.175 e. The Morgan fingerprint density at radius 1 is 1.10 bits per heavy atom. The first-order valence-corrected chi connectivity index (χ1v) is 10.6. The van der Waals surface area contributed by atoms with Gasteiger partial charge in [0.05, 0.1) is 21.8 Å². The SMILES string of the molecule is CCOc1cc(/C=C(/C#N)c2ccc(C)cc2)cc(I)c1OCc1cccc(F)c1. The molecule has 0 aliphatic carbocycles. The molecule has 0 fully saturated rings. The highest BCUT2D eigenvalue weighted by atomic mass is 127. The Morgan fingerprint density at radius 2 is 1.87 bits per heavy atom. The lowest BCUT2D eigenvalue weighted by Gasteiger charge is -2.15. The van der Waals surface area contributed by atoms with Crippen molar-refractivity contribution in [3.05, 3.63) is 92.3 Å². The molecule has 5 heteroatoms. The van der Waals surface area contributed by atoms with Gasteiger partial charge in [0.1, 0.15) is 12.4 Å². The first kappa shape index (κ1) is 21.8. The smallest absolute Gasteiger partial charge is 0.175 e. The first-order valence-electron chi connectivity index (χ1n) is 9.52. The third-order valence-corrected chi connectivity index (χ3v) is 5.20. The molecule has 0 heterocycles. The molecule has 0 aliphatic rings. The normalized spacial score (nSPS) is 11.1. The standard InChI is InChI=1S/C25H21FINO2/c1-3-29-24-14-19(11-21(15-28)20-9-7-17(2)8-10-20)13-23(27)25(24)30-16-18-5-4-6-22(26)12-18/h4-14H,3,16H2,1-2H3/b21-11-. The van der Waals surface area contributed by atoms with Crippen LogP contribution in [0.5, 0.6) is 11.5 Å². The summed E-state index contributed by atoms with van der Waals surface area (Å²) >= 11 is 2.19. The van der Waals surface area contributed by atoms with Crippen molar-refractivity contribution < 1.29 is 13.9 Å². The van der Waals surface area contributed by atoms with Crippen molar-refractivity contribution in [1.29, 1.82) is 5.26 Å². The van der Waals surface area contributed by atoms with Gasteiger partial charge in [-0.2, -0.15) is 5.26 Å². The zero-order valence-electron chi connectivity index (χ0n) is 16.8. The fraction of sp³-hybridized carbons (Fsp3) is 0.160. The van der Waals surface area contributed by atoms with E-state index < -0.39 is 0 Å². The van der Waals surface area contributed by atoms with Gasteiger partial charge in [0.2, 0.25) is 0 Å². The Hall–Kier alpha value is -2.85. The van der Waals surface area contributed by atoms with E-state index in [2.05, 4.69) is 28.7 Å². The van der Waals surface area contributed by atoms with E-state index in [1.54, 1.807) is 6.07 Å². The highest BCUT2D eigenvalue weighted by molar-refractivity contribution is 14.1. The van der Waals surface area contributed by atoms with Crippen LogP contribution in [0.1, 0.15) is 29.2 Å². The molecule has 3 aromatic rings. The number of nitriles is 1. The highest BCUT2D eigenvalue weighted by Crippen LogP contribution is 2.36.